The van der Waals surface area contributed by atoms with Crippen LogP contribution in [0.1, 0.15) is 40.5 Å². The summed E-state index contributed by atoms with van der Waals surface area (Å²) in [5, 5.41) is 0. The van der Waals surface area contributed by atoms with Crippen molar-refractivity contribution in [3.05, 3.63) is 0 Å². The first-order valence-corrected chi connectivity index (χ1v) is 5.34. The summed E-state index contributed by atoms with van der Waals surface area (Å²) >= 11 is 0. The van der Waals surface area contributed by atoms with Gasteiger partial charge in [0.25, 0.3) is 0 Å². The summed E-state index contributed by atoms with van der Waals surface area (Å²) in [5.74, 6) is 4.98. The average molecular weight is 219 g/mol. The Labute approximate surface area is 93.0 Å². The zero-order valence-corrected chi connectivity index (χ0v) is 10.6. The topological polar surface area (TPSA) is 53.7 Å². The van der Waals surface area contributed by atoms with Crippen molar-refractivity contribution in [3.8, 4) is 0 Å². The molecule has 2 N–H and O–H groups in total. The highest BCUT2D eigenvalue weighted by Gasteiger charge is 2.21. The van der Waals surface area contributed by atoms with Gasteiger partial charge < -0.3 is 14.3 Å². The van der Waals surface area contributed by atoms with E-state index in [-0.39, 0.29) is 11.2 Å². The summed E-state index contributed by atoms with van der Waals surface area (Å²) in [6.45, 7) is 9.36. The van der Waals surface area contributed by atoms with Crippen LogP contribution in [0.5, 0.6) is 0 Å². The van der Waals surface area contributed by atoms with E-state index >= 15 is 0 Å². The number of hydrogen-bond donors (Lipinski definition) is 1. The van der Waals surface area contributed by atoms with E-state index in [1.165, 1.54) is 0 Å². The van der Waals surface area contributed by atoms with Crippen molar-refractivity contribution < 1.29 is 14.3 Å². The van der Waals surface area contributed by atoms with Gasteiger partial charge in [-0.05, 0) is 34.1 Å². The molecule has 0 aromatic carbocycles. The van der Waals surface area contributed by atoms with Crippen LogP contribution in [0.2, 0.25) is 0 Å². The van der Waals surface area contributed by atoms with Gasteiger partial charge in [-0.15, -0.1) is 0 Å². The Kier molecular flexibility index (Phi) is 6.36. The first-order valence-electron chi connectivity index (χ1n) is 5.34. The van der Waals surface area contributed by atoms with Crippen molar-refractivity contribution >= 4 is 0 Å². The average Bonchev–Trinajstić information content (AvgIpc) is 2.14. The Hall–Kier alpha value is -0.160. The van der Waals surface area contributed by atoms with E-state index in [0.29, 0.717) is 13.2 Å². The molecular formula is C11H25NO3. The highest BCUT2D eigenvalue weighted by atomic mass is 16.6. The minimum Gasteiger partial charge on any atom is -0.379 e. The predicted molar refractivity (Wildman–Crippen MR) is 60.5 cm³/mol. The molecule has 0 atom stereocenters. The molecule has 4 heteroatoms. The number of nitrogens with two attached hydrogens (primary N) is 1. The van der Waals surface area contributed by atoms with Gasteiger partial charge in [0.05, 0.1) is 24.4 Å². The van der Waals surface area contributed by atoms with E-state index < -0.39 is 0 Å². The largest absolute Gasteiger partial charge is 0.379 e. The monoisotopic (exact) mass is 219 g/mol. The first kappa shape index (κ1) is 14.8. The molecule has 0 aliphatic carbocycles. The van der Waals surface area contributed by atoms with Gasteiger partial charge in [-0.3, -0.25) is 0 Å². The Morgan fingerprint density at radius 1 is 0.933 bits per heavy atom. The molecule has 15 heavy (non-hydrogen) atoms. The van der Waals surface area contributed by atoms with E-state index in [2.05, 4.69) is 4.84 Å². The van der Waals surface area contributed by atoms with Crippen LogP contribution in [-0.4, -0.2) is 31.5 Å². The fraction of sp³-hybridized carbons (Fsp3) is 1.00. The molecule has 0 radical (unpaired) electrons. The van der Waals surface area contributed by atoms with Crippen LogP contribution in [0, 0.1) is 0 Å². The molecule has 0 spiro atoms. The molecule has 0 saturated carbocycles. The summed E-state index contributed by atoms with van der Waals surface area (Å²) in [6, 6.07) is 0. The maximum absolute atomic E-state index is 5.75. The van der Waals surface area contributed by atoms with Crippen molar-refractivity contribution in [2.24, 2.45) is 5.90 Å². The molecule has 0 aliphatic heterocycles. The van der Waals surface area contributed by atoms with Gasteiger partial charge in [-0.2, -0.15) is 0 Å². The zero-order valence-electron chi connectivity index (χ0n) is 10.6. The molecule has 0 aromatic heterocycles. The lowest BCUT2D eigenvalue weighted by Crippen LogP contribution is -2.31. The third-order valence-corrected chi connectivity index (χ3v) is 2.57. The lowest BCUT2D eigenvalue weighted by molar-refractivity contribution is -0.0700. The second kappa shape index (κ2) is 6.43. The fourth-order valence-corrected chi connectivity index (χ4v) is 1.05. The van der Waals surface area contributed by atoms with E-state index in [1.807, 2.05) is 27.7 Å². The Morgan fingerprint density at radius 3 is 1.93 bits per heavy atom. The third-order valence-electron chi connectivity index (χ3n) is 2.57. The molecule has 0 saturated heterocycles. The maximum atomic E-state index is 5.75. The predicted octanol–water partition coefficient (Wildman–Crippen LogP) is 1.88. The molecule has 0 heterocycles. The van der Waals surface area contributed by atoms with Gasteiger partial charge in [-0.1, -0.05) is 0 Å². The molecular weight excluding hydrogens is 194 g/mol. The molecule has 0 bridgehead atoms. The van der Waals surface area contributed by atoms with Crippen molar-refractivity contribution in [3.63, 3.8) is 0 Å². The highest BCUT2D eigenvalue weighted by molar-refractivity contribution is 4.71. The van der Waals surface area contributed by atoms with Gasteiger partial charge in [0.2, 0.25) is 0 Å². The Balaban J connectivity index is 3.74. The summed E-state index contributed by atoms with van der Waals surface area (Å²) in [6.07, 6.45) is 1.66. The van der Waals surface area contributed by atoms with Crippen LogP contribution in [0.3, 0.4) is 0 Å². The smallest absolute Gasteiger partial charge is 0.0706 e. The molecule has 0 unspecified atom stereocenters. The van der Waals surface area contributed by atoms with Crippen molar-refractivity contribution in [1.29, 1.82) is 0 Å². The molecule has 92 valence electrons. The SMILES string of the molecule is COC(C)(C)CCOC(C)(C)CCON. The van der Waals surface area contributed by atoms with Crippen molar-refractivity contribution in [2.45, 2.75) is 51.7 Å². The van der Waals surface area contributed by atoms with Gasteiger partial charge in [0.15, 0.2) is 0 Å². The normalized spacial score (nSPS) is 13.2. The fourth-order valence-electron chi connectivity index (χ4n) is 1.05. The standard InChI is InChI=1S/C11H25NO3/c1-10(2,13-5)6-8-14-11(3,4)7-9-15-12/h6-9,12H2,1-5H3. The van der Waals surface area contributed by atoms with E-state index in [4.69, 9.17) is 15.4 Å². The molecule has 0 aliphatic rings. The lowest BCUT2D eigenvalue weighted by atomic mass is 10.0. The highest BCUT2D eigenvalue weighted by Crippen LogP contribution is 2.18. The van der Waals surface area contributed by atoms with E-state index in [1.54, 1.807) is 7.11 Å². The second-order valence-electron chi connectivity index (χ2n) is 4.94. The molecule has 0 aromatic rings. The van der Waals surface area contributed by atoms with Crippen LogP contribution in [0.25, 0.3) is 0 Å². The van der Waals surface area contributed by atoms with E-state index in [9.17, 15) is 0 Å². The molecule has 4 nitrogen and oxygen atoms in total. The summed E-state index contributed by atoms with van der Waals surface area (Å²) in [7, 11) is 1.72. The number of ether oxygens (including phenoxy) is 2. The molecule has 0 rings (SSSR count). The third kappa shape index (κ3) is 7.73. The number of hydrogen-bond acceptors (Lipinski definition) is 4. The lowest BCUT2D eigenvalue weighted by Gasteiger charge is -2.28. The minimum absolute atomic E-state index is 0.125. The van der Waals surface area contributed by atoms with Crippen LogP contribution in [0.4, 0.5) is 0 Å². The van der Waals surface area contributed by atoms with Gasteiger partial charge in [-0.25, -0.2) is 5.90 Å². The Bertz CT molecular complexity index is 169. The van der Waals surface area contributed by atoms with Gasteiger partial charge in [0.1, 0.15) is 0 Å². The van der Waals surface area contributed by atoms with E-state index in [0.717, 1.165) is 12.8 Å². The van der Waals surface area contributed by atoms with Crippen LogP contribution < -0.4 is 5.90 Å². The number of rotatable bonds is 8. The van der Waals surface area contributed by atoms with Gasteiger partial charge in [0, 0.05) is 13.5 Å². The Morgan fingerprint density at radius 2 is 1.47 bits per heavy atom. The van der Waals surface area contributed by atoms with Gasteiger partial charge >= 0.3 is 0 Å². The summed E-state index contributed by atoms with van der Waals surface area (Å²) < 4.78 is 11.1. The van der Waals surface area contributed by atoms with Crippen LogP contribution in [-0.2, 0) is 14.3 Å². The number of methoxy groups -OCH3 is 1. The zero-order chi connectivity index (χ0) is 11.9. The molecule has 0 fully saturated rings. The van der Waals surface area contributed by atoms with Crippen molar-refractivity contribution in [1.82, 2.24) is 0 Å². The van der Waals surface area contributed by atoms with Crippen LogP contribution in [0.15, 0.2) is 0 Å². The summed E-state index contributed by atoms with van der Waals surface area (Å²) in [4.78, 5) is 4.54. The quantitative estimate of drug-likeness (QED) is 0.633. The first-order chi connectivity index (χ1) is 6.83. The second-order valence-corrected chi connectivity index (χ2v) is 4.94. The molecule has 0 amide bonds. The van der Waals surface area contributed by atoms with Crippen LogP contribution >= 0.6 is 0 Å². The maximum Gasteiger partial charge on any atom is 0.0706 e. The minimum atomic E-state index is -0.191. The summed E-state index contributed by atoms with van der Waals surface area (Å²) in [5.41, 5.74) is -0.316. The van der Waals surface area contributed by atoms with Crippen molar-refractivity contribution in [2.75, 3.05) is 20.3 Å².